The van der Waals surface area contributed by atoms with E-state index in [0.717, 1.165) is 25.8 Å². The molecule has 0 saturated carbocycles. The maximum atomic E-state index is 11.9. The number of piperidine rings is 1. The fourth-order valence-corrected chi connectivity index (χ4v) is 2.73. The van der Waals surface area contributed by atoms with Crippen LogP contribution in [0.5, 0.6) is 0 Å². The van der Waals surface area contributed by atoms with Gasteiger partial charge in [-0.3, -0.25) is 4.79 Å². The molecular formula is C11H14BrClN4O. The summed E-state index contributed by atoms with van der Waals surface area (Å²) in [7, 11) is 1.65. The highest BCUT2D eigenvalue weighted by atomic mass is 79.9. The van der Waals surface area contributed by atoms with Gasteiger partial charge in [-0.25, -0.2) is 9.97 Å². The van der Waals surface area contributed by atoms with Crippen molar-refractivity contribution in [1.29, 1.82) is 0 Å². The van der Waals surface area contributed by atoms with E-state index in [9.17, 15) is 4.79 Å². The van der Waals surface area contributed by atoms with Crippen LogP contribution in [0, 0.1) is 0 Å². The molecule has 1 saturated heterocycles. The Morgan fingerprint density at radius 2 is 2.33 bits per heavy atom. The van der Waals surface area contributed by atoms with E-state index < -0.39 is 0 Å². The molecule has 1 aliphatic rings. The molecule has 18 heavy (non-hydrogen) atoms. The zero-order chi connectivity index (χ0) is 13.1. The van der Waals surface area contributed by atoms with Crippen LogP contribution in [0.4, 0.5) is 5.82 Å². The first-order valence-electron chi connectivity index (χ1n) is 5.79. The number of nitrogens with zero attached hydrogens (tertiary/aromatic N) is 3. The molecule has 1 N–H and O–H groups in total. The predicted octanol–water partition coefficient (Wildman–Crippen LogP) is 2.00. The zero-order valence-corrected chi connectivity index (χ0v) is 12.3. The summed E-state index contributed by atoms with van der Waals surface area (Å²) in [6.45, 7) is 0.796. The van der Waals surface area contributed by atoms with Crippen molar-refractivity contribution in [3.8, 4) is 0 Å². The molecular weight excluding hydrogens is 320 g/mol. The Balaban J connectivity index is 2.34. The highest BCUT2D eigenvalue weighted by Crippen LogP contribution is 2.32. The Labute approximate surface area is 119 Å². The van der Waals surface area contributed by atoms with Gasteiger partial charge in [-0.15, -0.1) is 0 Å². The average Bonchev–Trinajstić information content (AvgIpc) is 2.41. The molecule has 0 bridgehead atoms. The number of anilines is 1. The lowest BCUT2D eigenvalue weighted by molar-refractivity contribution is -0.122. The van der Waals surface area contributed by atoms with E-state index in [-0.39, 0.29) is 11.9 Å². The topological polar surface area (TPSA) is 58.1 Å². The number of rotatable bonds is 2. The maximum Gasteiger partial charge on any atom is 0.242 e. The maximum absolute atomic E-state index is 11.9. The van der Waals surface area contributed by atoms with E-state index in [1.54, 1.807) is 7.05 Å². The minimum absolute atomic E-state index is 0.0105. The monoisotopic (exact) mass is 332 g/mol. The second kappa shape index (κ2) is 5.84. The molecule has 0 spiro atoms. The van der Waals surface area contributed by atoms with Gasteiger partial charge in [0.25, 0.3) is 0 Å². The first-order valence-corrected chi connectivity index (χ1v) is 6.96. The van der Waals surface area contributed by atoms with Gasteiger partial charge in [0.05, 0.1) is 4.47 Å². The molecule has 2 rings (SSSR count). The van der Waals surface area contributed by atoms with E-state index in [2.05, 4.69) is 31.2 Å². The van der Waals surface area contributed by atoms with Gasteiger partial charge in [-0.1, -0.05) is 11.6 Å². The predicted molar refractivity (Wildman–Crippen MR) is 73.8 cm³/mol. The minimum Gasteiger partial charge on any atom is -0.357 e. The average molecular weight is 334 g/mol. The quantitative estimate of drug-likeness (QED) is 0.841. The molecule has 0 aliphatic carbocycles. The van der Waals surface area contributed by atoms with Crippen molar-refractivity contribution in [3.05, 3.63) is 16.0 Å². The fraction of sp³-hybridized carbons (Fsp3) is 0.545. The van der Waals surface area contributed by atoms with Crippen LogP contribution in [0.25, 0.3) is 0 Å². The molecule has 2 heterocycles. The summed E-state index contributed by atoms with van der Waals surface area (Å²) in [5.41, 5.74) is 0. The second-order valence-corrected chi connectivity index (χ2v) is 5.27. The smallest absolute Gasteiger partial charge is 0.242 e. The molecule has 7 heteroatoms. The highest BCUT2D eigenvalue weighted by Gasteiger charge is 2.30. The van der Waals surface area contributed by atoms with Crippen molar-refractivity contribution >= 4 is 39.3 Å². The molecule has 1 fully saturated rings. The van der Waals surface area contributed by atoms with Gasteiger partial charge < -0.3 is 10.2 Å². The zero-order valence-electron chi connectivity index (χ0n) is 9.99. The Morgan fingerprint density at radius 1 is 1.56 bits per heavy atom. The molecule has 98 valence electrons. The minimum atomic E-state index is -0.189. The van der Waals surface area contributed by atoms with E-state index in [4.69, 9.17) is 11.6 Å². The summed E-state index contributed by atoms with van der Waals surface area (Å²) in [4.78, 5) is 22.0. The summed E-state index contributed by atoms with van der Waals surface area (Å²) < 4.78 is 0.641. The number of nitrogens with one attached hydrogen (secondary N) is 1. The largest absolute Gasteiger partial charge is 0.357 e. The van der Waals surface area contributed by atoms with Crippen molar-refractivity contribution in [3.63, 3.8) is 0 Å². The Kier molecular flexibility index (Phi) is 4.40. The molecule has 1 amide bonds. The first kappa shape index (κ1) is 13.5. The Morgan fingerprint density at radius 3 is 3.06 bits per heavy atom. The normalized spacial score (nSPS) is 19.7. The molecule has 1 atom stereocenters. The summed E-state index contributed by atoms with van der Waals surface area (Å²) in [6.07, 6.45) is 4.33. The Hall–Kier alpha value is -0.880. The van der Waals surface area contributed by atoms with E-state index in [1.807, 2.05) is 4.90 Å². The van der Waals surface area contributed by atoms with Gasteiger partial charge in [0.2, 0.25) is 5.91 Å². The highest BCUT2D eigenvalue weighted by molar-refractivity contribution is 9.10. The number of hydrogen-bond acceptors (Lipinski definition) is 4. The van der Waals surface area contributed by atoms with Gasteiger partial charge in [-0.05, 0) is 35.2 Å². The van der Waals surface area contributed by atoms with Gasteiger partial charge in [-0.2, -0.15) is 0 Å². The first-order chi connectivity index (χ1) is 8.65. The summed E-state index contributed by atoms with van der Waals surface area (Å²) in [5, 5.41) is 3.06. The third kappa shape index (κ3) is 2.59. The molecule has 1 aromatic heterocycles. The van der Waals surface area contributed by atoms with Gasteiger partial charge >= 0.3 is 0 Å². The van der Waals surface area contributed by atoms with Gasteiger partial charge in [0, 0.05) is 13.6 Å². The van der Waals surface area contributed by atoms with Crippen LogP contribution >= 0.6 is 27.5 Å². The number of carbonyl (C=O) groups is 1. The van der Waals surface area contributed by atoms with Crippen LogP contribution < -0.4 is 10.2 Å². The van der Waals surface area contributed by atoms with Crippen LogP contribution in [0.2, 0.25) is 5.15 Å². The van der Waals surface area contributed by atoms with Crippen LogP contribution in [0.15, 0.2) is 10.8 Å². The van der Waals surface area contributed by atoms with Gasteiger partial charge in [0.15, 0.2) is 0 Å². The molecule has 1 aromatic rings. The van der Waals surface area contributed by atoms with Crippen molar-refractivity contribution in [2.45, 2.75) is 25.3 Å². The third-order valence-electron chi connectivity index (χ3n) is 3.05. The molecule has 0 radical (unpaired) electrons. The number of halogens is 2. The molecule has 1 unspecified atom stereocenters. The molecule has 5 nitrogen and oxygen atoms in total. The van der Waals surface area contributed by atoms with Gasteiger partial charge in [0.1, 0.15) is 23.3 Å². The van der Waals surface area contributed by atoms with Crippen LogP contribution in [-0.2, 0) is 4.79 Å². The van der Waals surface area contributed by atoms with E-state index >= 15 is 0 Å². The van der Waals surface area contributed by atoms with Crippen molar-refractivity contribution < 1.29 is 4.79 Å². The van der Waals surface area contributed by atoms with Crippen molar-refractivity contribution in [2.75, 3.05) is 18.5 Å². The number of amides is 1. The summed E-state index contributed by atoms with van der Waals surface area (Å²) >= 11 is 9.35. The lowest BCUT2D eigenvalue weighted by Crippen LogP contribution is -2.49. The SMILES string of the molecule is CNC(=O)C1CCCCN1c1ncnc(Cl)c1Br. The summed E-state index contributed by atoms with van der Waals surface area (Å²) in [5.74, 6) is 0.694. The lowest BCUT2D eigenvalue weighted by Gasteiger charge is -2.35. The summed E-state index contributed by atoms with van der Waals surface area (Å²) in [6, 6.07) is -0.189. The molecule has 1 aliphatic heterocycles. The third-order valence-corrected chi connectivity index (χ3v) is 4.30. The van der Waals surface area contributed by atoms with Crippen molar-refractivity contribution in [1.82, 2.24) is 15.3 Å². The second-order valence-electron chi connectivity index (χ2n) is 4.12. The number of likely N-dealkylation sites (N-methyl/N-ethyl adjacent to an activating group) is 1. The fourth-order valence-electron chi connectivity index (χ4n) is 2.16. The van der Waals surface area contributed by atoms with Crippen LogP contribution in [-0.4, -0.2) is 35.5 Å². The standard InChI is InChI=1S/C11H14BrClN4O/c1-14-11(18)7-4-2-3-5-17(7)10-8(12)9(13)15-6-16-10/h6-7H,2-5H2,1H3,(H,14,18). The van der Waals surface area contributed by atoms with Crippen LogP contribution in [0.3, 0.4) is 0 Å². The lowest BCUT2D eigenvalue weighted by atomic mass is 10.0. The van der Waals surface area contributed by atoms with Crippen LogP contribution in [0.1, 0.15) is 19.3 Å². The van der Waals surface area contributed by atoms with E-state index in [0.29, 0.717) is 15.4 Å². The number of carbonyl (C=O) groups excluding carboxylic acids is 1. The van der Waals surface area contributed by atoms with E-state index in [1.165, 1.54) is 6.33 Å². The Bertz CT molecular complexity index is 457. The number of hydrogen-bond donors (Lipinski definition) is 1. The van der Waals surface area contributed by atoms with Crippen molar-refractivity contribution in [2.24, 2.45) is 0 Å². The number of aromatic nitrogens is 2. The molecule has 0 aromatic carbocycles.